The molecule has 1 saturated heterocycles. The lowest BCUT2D eigenvalue weighted by Gasteiger charge is -2.31. The average molecular weight is 332 g/mol. The van der Waals surface area contributed by atoms with Crippen LogP contribution in [0.3, 0.4) is 0 Å². The molecule has 0 saturated carbocycles. The zero-order valence-corrected chi connectivity index (χ0v) is 14.4. The van der Waals surface area contributed by atoms with Gasteiger partial charge in [-0.15, -0.1) is 0 Å². The molecule has 0 aliphatic carbocycles. The van der Waals surface area contributed by atoms with Crippen LogP contribution in [0.2, 0.25) is 0 Å². The Morgan fingerprint density at radius 3 is 2.46 bits per heavy atom. The number of aryl methyl sites for hydroxylation is 1. The van der Waals surface area contributed by atoms with Gasteiger partial charge >= 0.3 is 12.0 Å². The number of carbonyl (C=O) groups excluding carboxylic acids is 1. The molecule has 1 aliphatic rings. The van der Waals surface area contributed by atoms with Crippen LogP contribution in [-0.2, 0) is 11.2 Å². The van der Waals surface area contributed by atoms with Gasteiger partial charge in [-0.1, -0.05) is 43.7 Å². The molecule has 1 atom stereocenters. The summed E-state index contributed by atoms with van der Waals surface area (Å²) in [5, 5.41) is 12.2. The van der Waals surface area contributed by atoms with Gasteiger partial charge in [-0.3, -0.25) is 4.79 Å². The first-order valence-electron chi connectivity index (χ1n) is 8.92. The highest BCUT2D eigenvalue weighted by atomic mass is 16.4. The summed E-state index contributed by atoms with van der Waals surface area (Å²) in [7, 11) is 0. The minimum Gasteiger partial charge on any atom is -0.481 e. The minimum absolute atomic E-state index is 0.0506. The molecule has 0 bridgehead atoms. The topological polar surface area (TPSA) is 69.6 Å². The fraction of sp³-hybridized carbons (Fsp3) is 0.579. The number of carbonyl (C=O) groups is 2. The summed E-state index contributed by atoms with van der Waals surface area (Å²) in [6.07, 6.45) is 4.96. The van der Waals surface area contributed by atoms with E-state index in [1.807, 2.05) is 18.2 Å². The first kappa shape index (κ1) is 18.3. The second kappa shape index (κ2) is 9.30. The average Bonchev–Trinajstić information content (AvgIpc) is 2.60. The molecule has 5 heteroatoms. The van der Waals surface area contributed by atoms with E-state index < -0.39 is 5.97 Å². The van der Waals surface area contributed by atoms with Gasteiger partial charge < -0.3 is 15.3 Å². The third-order valence-electron chi connectivity index (χ3n) is 4.72. The minimum atomic E-state index is -0.748. The summed E-state index contributed by atoms with van der Waals surface area (Å²) in [6, 6.07) is 10.4. The van der Waals surface area contributed by atoms with E-state index in [4.69, 9.17) is 5.11 Å². The SMILES string of the molecule is CCCC(CCc1ccccc1)NC(=O)N1CCC(C(=O)O)CC1. The van der Waals surface area contributed by atoms with Crippen LogP contribution >= 0.6 is 0 Å². The Morgan fingerprint density at radius 1 is 1.21 bits per heavy atom. The molecule has 1 aliphatic heterocycles. The molecule has 0 aromatic heterocycles. The van der Waals surface area contributed by atoms with E-state index in [1.165, 1.54) is 5.56 Å². The van der Waals surface area contributed by atoms with Gasteiger partial charge in [-0.2, -0.15) is 0 Å². The van der Waals surface area contributed by atoms with Crippen LogP contribution < -0.4 is 5.32 Å². The van der Waals surface area contributed by atoms with Crippen LogP contribution in [0.25, 0.3) is 0 Å². The standard InChI is InChI=1S/C19H28N2O3/c1-2-6-17(10-9-15-7-4-3-5-8-15)20-19(24)21-13-11-16(12-14-21)18(22)23/h3-5,7-8,16-17H,2,6,9-14H2,1H3,(H,20,24)(H,22,23). The van der Waals surface area contributed by atoms with Crippen molar-refractivity contribution in [3.63, 3.8) is 0 Å². The zero-order chi connectivity index (χ0) is 17.4. The molecule has 5 nitrogen and oxygen atoms in total. The van der Waals surface area contributed by atoms with E-state index in [2.05, 4.69) is 24.4 Å². The van der Waals surface area contributed by atoms with Crippen molar-refractivity contribution in [1.29, 1.82) is 0 Å². The molecule has 1 unspecified atom stereocenters. The third-order valence-corrected chi connectivity index (χ3v) is 4.72. The van der Waals surface area contributed by atoms with Crippen LogP contribution in [0.15, 0.2) is 30.3 Å². The summed E-state index contributed by atoms with van der Waals surface area (Å²) in [5.41, 5.74) is 1.29. The largest absolute Gasteiger partial charge is 0.481 e. The van der Waals surface area contributed by atoms with Crippen molar-refractivity contribution < 1.29 is 14.7 Å². The van der Waals surface area contributed by atoms with Crippen LogP contribution in [-0.4, -0.2) is 41.1 Å². The molecule has 2 rings (SSSR count). The van der Waals surface area contributed by atoms with Crippen molar-refractivity contribution in [2.45, 2.75) is 51.5 Å². The van der Waals surface area contributed by atoms with Gasteiger partial charge in [0.25, 0.3) is 0 Å². The molecular formula is C19H28N2O3. The van der Waals surface area contributed by atoms with Crippen LogP contribution in [0.1, 0.15) is 44.6 Å². The van der Waals surface area contributed by atoms with Crippen molar-refractivity contribution in [3.05, 3.63) is 35.9 Å². The number of benzene rings is 1. The van der Waals surface area contributed by atoms with Gasteiger partial charge in [0.15, 0.2) is 0 Å². The van der Waals surface area contributed by atoms with E-state index in [0.717, 1.165) is 25.7 Å². The first-order chi connectivity index (χ1) is 11.6. The van der Waals surface area contributed by atoms with Gasteiger partial charge in [-0.25, -0.2) is 4.79 Å². The number of nitrogens with one attached hydrogen (secondary N) is 1. The first-order valence-corrected chi connectivity index (χ1v) is 8.92. The maximum atomic E-state index is 12.4. The van der Waals surface area contributed by atoms with E-state index in [-0.39, 0.29) is 18.0 Å². The Hall–Kier alpha value is -2.04. The summed E-state index contributed by atoms with van der Waals surface area (Å²) in [5.74, 6) is -1.06. The Kier molecular flexibility index (Phi) is 7.09. The Bertz CT molecular complexity index is 525. The van der Waals surface area contributed by atoms with Crippen LogP contribution in [0, 0.1) is 5.92 Å². The van der Waals surface area contributed by atoms with E-state index in [9.17, 15) is 9.59 Å². The number of aliphatic carboxylic acids is 1. The lowest BCUT2D eigenvalue weighted by atomic mass is 9.97. The predicted molar refractivity (Wildman–Crippen MR) is 93.9 cm³/mol. The number of rotatable bonds is 7. The van der Waals surface area contributed by atoms with Gasteiger partial charge in [-0.05, 0) is 37.7 Å². The van der Waals surface area contributed by atoms with E-state index in [0.29, 0.717) is 25.9 Å². The molecule has 1 aromatic carbocycles. The van der Waals surface area contributed by atoms with Crippen LogP contribution in [0.4, 0.5) is 4.79 Å². The number of hydrogen-bond acceptors (Lipinski definition) is 2. The number of likely N-dealkylation sites (tertiary alicyclic amines) is 1. The van der Waals surface area contributed by atoms with Gasteiger partial charge in [0, 0.05) is 19.1 Å². The second-order valence-corrected chi connectivity index (χ2v) is 6.56. The normalized spacial score (nSPS) is 16.6. The Morgan fingerprint density at radius 2 is 1.88 bits per heavy atom. The zero-order valence-electron chi connectivity index (χ0n) is 14.4. The fourth-order valence-electron chi connectivity index (χ4n) is 3.22. The van der Waals surface area contributed by atoms with Crippen LogP contribution in [0.5, 0.6) is 0 Å². The van der Waals surface area contributed by atoms with Crippen molar-refractivity contribution in [2.24, 2.45) is 5.92 Å². The number of nitrogens with zero attached hydrogens (tertiary/aromatic N) is 1. The van der Waals surface area contributed by atoms with Gasteiger partial charge in [0.2, 0.25) is 0 Å². The summed E-state index contributed by atoms with van der Waals surface area (Å²) in [4.78, 5) is 25.2. The highest BCUT2D eigenvalue weighted by molar-refractivity contribution is 5.75. The fourth-order valence-corrected chi connectivity index (χ4v) is 3.22. The van der Waals surface area contributed by atoms with E-state index in [1.54, 1.807) is 4.90 Å². The third kappa shape index (κ3) is 5.55. The molecule has 24 heavy (non-hydrogen) atoms. The molecule has 2 amide bonds. The number of carboxylic acids is 1. The maximum absolute atomic E-state index is 12.4. The molecule has 0 spiro atoms. The smallest absolute Gasteiger partial charge is 0.317 e. The number of hydrogen-bond donors (Lipinski definition) is 2. The van der Waals surface area contributed by atoms with Crippen molar-refractivity contribution in [1.82, 2.24) is 10.2 Å². The molecule has 132 valence electrons. The number of amides is 2. The monoisotopic (exact) mass is 332 g/mol. The number of urea groups is 1. The summed E-state index contributed by atoms with van der Waals surface area (Å²) >= 11 is 0. The van der Waals surface area contributed by atoms with E-state index >= 15 is 0 Å². The summed E-state index contributed by atoms with van der Waals surface area (Å²) in [6.45, 7) is 3.18. The van der Waals surface area contributed by atoms with Crippen molar-refractivity contribution in [3.8, 4) is 0 Å². The molecule has 1 heterocycles. The molecule has 1 fully saturated rings. The van der Waals surface area contributed by atoms with Gasteiger partial charge in [0.05, 0.1) is 5.92 Å². The molecule has 1 aromatic rings. The number of carboxylic acid groups (broad SMARTS) is 1. The molecule has 2 N–H and O–H groups in total. The highest BCUT2D eigenvalue weighted by Gasteiger charge is 2.27. The second-order valence-electron chi connectivity index (χ2n) is 6.56. The Balaban J connectivity index is 1.81. The quantitative estimate of drug-likeness (QED) is 0.805. The maximum Gasteiger partial charge on any atom is 0.317 e. The van der Waals surface area contributed by atoms with Crippen molar-refractivity contribution in [2.75, 3.05) is 13.1 Å². The summed E-state index contributed by atoms with van der Waals surface area (Å²) < 4.78 is 0. The molecular weight excluding hydrogens is 304 g/mol. The highest BCUT2D eigenvalue weighted by Crippen LogP contribution is 2.18. The Labute approximate surface area is 144 Å². The lowest BCUT2D eigenvalue weighted by molar-refractivity contribution is -0.143. The number of piperidine rings is 1. The molecule has 0 radical (unpaired) electrons. The lowest BCUT2D eigenvalue weighted by Crippen LogP contribution is -2.48. The van der Waals surface area contributed by atoms with Crippen molar-refractivity contribution >= 4 is 12.0 Å². The van der Waals surface area contributed by atoms with Gasteiger partial charge in [0.1, 0.15) is 0 Å². The predicted octanol–water partition coefficient (Wildman–Crippen LogP) is 3.29.